The molecule has 0 aromatic carbocycles. The Morgan fingerprint density at radius 2 is 2.28 bits per heavy atom. The van der Waals surface area contributed by atoms with Crippen LogP contribution in [0.2, 0.25) is 0 Å². The lowest BCUT2D eigenvalue weighted by atomic mass is 10.2. The standard InChI is InChI=1S/C13H21N5/c1-4-18(3)8-7-14-9-11-5-6-15-13-12(11)16-10(2)17-13/h5-6,14H,4,7-9H2,1-3H3,(H,15,16,17). The molecular weight excluding hydrogens is 226 g/mol. The zero-order valence-corrected chi connectivity index (χ0v) is 11.3. The number of nitrogens with one attached hydrogen (secondary N) is 2. The molecule has 0 spiro atoms. The van der Waals surface area contributed by atoms with E-state index in [0.717, 1.165) is 43.2 Å². The van der Waals surface area contributed by atoms with E-state index in [4.69, 9.17) is 0 Å². The van der Waals surface area contributed by atoms with E-state index >= 15 is 0 Å². The Morgan fingerprint density at radius 1 is 1.44 bits per heavy atom. The molecular formula is C13H21N5. The number of hydrogen-bond acceptors (Lipinski definition) is 4. The molecule has 0 aliphatic heterocycles. The summed E-state index contributed by atoms with van der Waals surface area (Å²) in [7, 11) is 2.13. The summed E-state index contributed by atoms with van der Waals surface area (Å²) >= 11 is 0. The number of H-pyrrole nitrogens is 1. The van der Waals surface area contributed by atoms with Crippen LogP contribution < -0.4 is 5.32 Å². The molecule has 2 rings (SSSR count). The van der Waals surface area contributed by atoms with Crippen LogP contribution in [0.4, 0.5) is 0 Å². The van der Waals surface area contributed by atoms with Gasteiger partial charge in [-0.2, -0.15) is 0 Å². The topological polar surface area (TPSA) is 56.8 Å². The molecule has 18 heavy (non-hydrogen) atoms. The summed E-state index contributed by atoms with van der Waals surface area (Å²) in [5.74, 6) is 0.913. The van der Waals surface area contributed by atoms with Gasteiger partial charge in [-0.25, -0.2) is 9.97 Å². The van der Waals surface area contributed by atoms with E-state index in [1.165, 1.54) is 5.56 Å². The lowest BCUT2D eigenvalue weighted by Crippen LogP contribution is -2.28. The molecule has 2 N–H and O–H groups in total. The first-order valence-corrected chi connectivity index (χ1v) is 6.40. The fourth-order valence-corrected chi connectivity index (χ4v) is 1.88. The average molecular weight is 247 g/mol. The number of imidazole rings is 1. The quantitative estimate of drug-likeness (QED) is 0.756. The van der Waals surface area contributed by atoms with Crippen molar-refractivity contribution in [2.24, 2.45) is 0 Å². The third-order valence-electron chi connectivity index (χ3n) is 3.12. The minimum atomic E-state index is 0.803. The van der Waals surface area contributed by atoms with Crippen LogP contribution >= 0.6 is 0 Å². The van der Waals surface area contributed by atoms with E-state index in [1.807, 2.05) is 19.2 Å². The van der Waals surface area contributed by atoms with Gasteiger partial charge in [-0.15, -0.1) is 0 Å². The summed E-state index contributed by atoms with van der Waals surface area (Å²) < 4.78 is 0. The molecule has 0 fully saturated rings. The summed E-state index contributed by atoms with van der Waals surface area (Å²) in [4.78, 5) is 14.1. The smallest absolute Gasteiger partial charge is 0.177 e. The molecule has 0 amide bonds. The second-order valence-electron chi connectivity index (χ2n) is 4.56. The van der Waals surface area contributed by atoms with Crippen molar-refractivity contribution in [3.05, 3.63) is 23.7 Å². The normalized spacial score (nSPS) is 11.6. The molecule has 0 bridgehead atoms. The molecule has 5 heteroatoms. The summed E-state index contributed by atoms with van der Waals surface area (Å²) in [5, 5.41) is 3.45. The van der Waals surface area contributed by atoms with Crippen LogP contribution in [0, 0.1) is 6.92 Å². The van der Waals surface area contributed by atoms with Gasteiger partial charge in [0.25, 0.3) is 0 Å². The molecule has 98 valence electrons. The largest absolute Gasteiger partial charge is 0.341 e. The fourth-order valence-electron chi connectivity index (χ4n) is 1.88. The number of rotatable bonds is 6. The first kappa shape index (κ1) is 13.0. The van der Waals surface area contributed by atoms with Crippen molar-refractivity contribution >= 4 is 11.2 Å². The van der Waals surface area contributed by atoms with Crippen molar-refractivity contribution in [2.45, 2.75) is 20.4 Å². The number of pyridine rings is 1. The number of aromatic amines is 1. The minimum Gasteiger partial charge on any atom is -0.341 e. The summed E-state index contributed by atoms with van der Waals surface area (Å²) in [5.41, 5.74) is 3.07. The third kappa shape index (κ3) is 3.05. The molecule has 0 saturated heterocycles. The molecule has 0 unspecified atom stereocenters. The second kappa shape index (κ2) is 5.93. The van der Waals surface area contributed by atoms with E-state index in [9.17, 15) is 0 Å². The molecule has 0 aliphatic rings. The molecule has 0 saturated carbocycles. The Morgan fingerprint density at radius 3 is 3.06 bits per heavy atom. The lowest BCUT2D eigenvalue weighted by Gasteiger charge is -2.14. The molecule has 2 aromatic rings. The van der Waals surface area contributed by atoms with Crippen molar-refractivity contribution in [1.82, 2.24) is 25.2 Å². The molecule has 2 aromatic heterocycles. The van der Waals surface area contributed by atoms with Gasteiger partial charge in [0, 0.05) is 25.8 Å². The van der Waals surface area contributed by atoms with Crippen LogP contribution in [-0.2, 0) is 6.54 Å². The Bertz CT molecular complexity index is 505. The Kier molecular flexibility index (Phi) is 4.28. The van der Waals surface area contributed by atoms with Crippen LogP contribution in [0.25, 0.3) is 11.2 Å². The van der Waals surface area contributed by atoms with E-state index in [2.05, 4.69) is 39.1 Å². The molecule has 0 radical (unpaired) electrons. The van der Waals surface area contributed by atoms with E-state index in [-0.39, 0.29) is 0 Å². The van der Waals surface area contributed by atoms with Gasteiger partial charge in [-0.05, 0) is 32.1 Å². The maximum Gasteiger partial charge on any atom is 0.177 e. The molecule has 0 atom stereocenters. The molecule has 2 heterocycles. The van der Waals surface area contributed by atoms with Crippen molar-refractivity contribution < 1.29 is 0 Å². The average Bonchev–Trinajstić information content (AvgIpc) is 2.75. The highest BCUT2D eigenvalue weighted by atomic mass is 15.1. The number of aromatic nitrogens is 3. The zero-order chi connectivity index (χ0) is 13.0. The van der Waals surface area contributed by atoms with Gasteiger partial charge in [0.1, 0.15) is 5.82 Å². The lowest BCUT2D eigenvalue weighted by molar-refractivity contribution is 0.349. The Hall–Kier alpha value is -1.46. The maximum absolute atomic E-state index is 4.34. The van der Waals surface area contributed by atoms with Crippen LogP contribution in [-0.4, -0.2) is 46.5 Å². The summed E-state index contributed by atoms with van der Waals surface area (Å²) in [6.45, 7) is 8.10. The fraction of sp³-hybridized carbons (Fsp3) is 0.538. The highest BCUT2D eigenvalue weighted by Crippen LogP contribution is 2.13. The Labute approximate surface area is 108 Å². The van der Waals surface area contributed by atoms with Gasteiger partial charge in [0.2, 0.25) is 0 Å². The van der Waals surface area contributed by atoms with E-state index in [1.54, 1.807) is 0 Å². The van der Waals surface area contributed by atoms with Crippen LogP contribution in [0.1, 0.15) is 18.3 Å². The van der Waals surface area contributed by atoms with Crippen molar-refractivity contribution in [3.8, 4) is 0 Å². The predicted molar refractivity (Wildman–Crippen MR) is 73.5 cm³/mol. The monoisotopic (exact) mass is 247 g/mol. The first-order valence-electron chi connectivity index (χ1n) is 6.40. The van der Waals surface area contributed by atoms with Gasteiger partial charge in [-0.1, -0.05) is 6.92 Å². The number of aryl methyl sites for hydroxylation is 1. The Balaban J connectivity index is 1.95. The number of fused-ring (bicyclic) bond motifs is 1. The predicted octanol–water partition coefficient (Wildman–Crippen LogP) is 1.31. The second-order valence-corrected chi connectivity index (χ2v) is 4.56. The van der Waals surface area contributed by atoms with Gasteiger partial charge in [0.15, 0.2) is 5.65 Å². The molecule has 0 aliphatic carbocycles. The van der Waals surface area contributed by atoms with Crippen molar-refractivity contribution in [2.75, 3.05) is 26.7 Å². The third-order valence-corrected chi connectivity index (χ3v) is 3.12. The van der Waals surface area contributed by atoms with Crippen LogP contribution in [0.15, 0.2) is 12.3 Å². The molecule has 5 nitrogen and oxygen atoms in total. The highest BCUT2D eigenvalue weighted by molar-refractivity contribution is 5.74. The number of nitrogens with zero attached hydrogens (tertiary/aromatic N) is 3. The van der Waals surface area contributed by atoms with Gasteiger partial charge in [-0.3, -0.25) is 0 Å². The van der Waals surface area contributed by atoms with Crippen molar-refractivity contribution in [1.29, 1.82) is 0 Å². The first-order chi connectivity index (χ1) is 8.70. The zero-order valence-electron chi connectivity index (χ0n) is 11.3. The maximum atomic E-state index is 4.34. The van der Waals surface area contributed by atoms with Crippen molar-refractivity contribution in [3.63, 3.8) is 0 Å². The summed E-state index contributed by atoms with van der Waals surface area (Å²) in [6.07, 6.45) is 1.82. The van der Waals surface area contributed by atoms with Crippen LogP contribution in [0.3, 0.4) is 0 Å². The van der Waals surface area contributed by atoms with Gasteiger partial charge in [0.05, 0.1) is 5.52 Å². The number of hydrogen-bond donors (Lipinski definition) is 2. The van der Waals surface area contributed by atoms with Gasteiger partial charge >= 0.3 is 0 Å². The SMILES string of the molecule is CCN(C)CCNCc1ccnc2nc(C)[nH]c12. The van der Waals surface area contributed by atoms with Crippen LogP contribution in [0.5, 0.6) is 0 Å². The number of likely N-dealkylation sites (N-methyl/N-ethyl adjacent to an activating group) is 1. The van der Waals surface area contributed by atoms with Gasteiger partial charge < -0.3 is 15.2 Å². The van der Waals surface area contributed by atoms with E-state index in [0.29, 0.717) is 0 Å². The minimum absolute atomic E-state index is 0.803. The van der Waals surface area contributed by atoms with E-state index < -0.39 is 0 Å². The summed E-state index contributed by atoms with van der Waals surface area (Å²) in [6, 6.07) is 2.04. The highest BCUT2D eigenvalue weighted by Gasteiger charge is 2.05.